The van der Waals surface area contributed by atoms with Crippen molar-refractivity contribution in [1.82, 2.24) is 20.0 Å². The van der Waals surface area contributed by atoms with Crippen LogP contribution in [0.3, 0.4) is 0 Å². The SMILES string of the molecule is Cc1nn(Cc2ccccc2F)c(C)c1NC(=O)c1n[nH]c(Br)c1Br. The van der Waals surface area contributed by atoms with Gasteiger partial charge in [-0.2, -0.15) is 10.2 Å². The molecular weight excluding hydrogens is 457 g/mol. The third-order valence-corrected chi connectivity index (χ3v) is 5.66. The Morgan fingerprint density at radius 3 is 2.68 bits per heavy atom. The van der Waals surface area contributed by atoms with Crippen LogP contribution in [0.2, 0.25) is 0 Å². The molecule has 1 amide bonds. The van der Waals surface area contributed by atoms with Gasteiger partial charge in [-0.15, -0.1) is 0 Å². The molecule has 3 aromatic rings. The largest absolute Gasteiger partial charge is 0.317 e. The van der Waals surface area contributed by atoms with Crippen LogP contribution in [-0.4, -0.2) is 25.9 Å². The number of carbonyl (C=O) groups excluding carboxylic acids is 1. The van der Waals surface area contributed by atoms with Crippen molar-refractivity contribution in [1.29, 1.82) is 0 Å². The van der Waals surface area contributed by atoms with Gasteiger partial charge in [-0.25, -0.2) is 4.39 Å². The second kappa shape index (κ2) is 7.09. The lowest BCUT2D eigenvalue weighted by Crippen LogP contribution is -2.14. The third-order valence-electron chi connectivity index (χ3n) is 3.78. The highest BCUT2D eigenvalue weighted by atomic mass is 79.9. The summed E-state index contributed by atoms with van der Waals surface area (Å²) in [6.45, 7) is 3.90. The second-order valence-electron chi connectivity index (χ2n) is 5.45. The maximum absolute atomic E-state index is 13.9. The predicted molar refractivity (Wildman–Crippen MR) is 99.1 cm³/mol. The molecule has 2 N–H and O–H groups in total. The van der Waals surface area contributed by atoms with E-state index in [0.717, 1.165) is 5.69 Å². The monoisotopic (exact) mass is 469 g/mol. The first-order valence-corrected chi connectivity index (χ1v) is 8.95. The van der Waals surface area contributed by atoms with Gasteiger partial charge in [-0.3, -0.25) is 14.6 Å². The standard InChI is InChI=1S/C16H14Br2FN5O/c1-8-13(20-16(25)14-12(17)15(18)22-21-14)9(2)24(23-8)7-10-5-3-4-6-11(10)19/h3-6H,7H2,1-2H3,(H,20,25)(H,21,22). The number of hydrogen-bond donors (Lipinski definition) is 2. The molecule has 25 heavy (non-hydrogen) atoms. The highest BCUT2D eigenvalue weighted by Gasteiger charge is 2.20. The van der Waals surface area contributed by atoms with Gasteiger partial charge in [0.2, 0.25) is 0 Å². The number of aryl methyl sites for hydroxylation is 1. The van der Waals surface area contributed by atoms with Crippen molar-refractivity contribution in [2.75, 3.05) is 5.32 Å². The Morgan fingerprint density at radius 1 is 1.32 bits per heavy atom. The zero-order valence-electron chi connectivity index (χ0n) is 13.4. The summed E-state index contributed by atoms with van der Waals surface area (Å²) in [5.41, 5.74) is 2.73. The third kappa shape index (κ3) is 3.52. The summed E-state index contributed by atoms with van der Waals surface area (Å²) in [5.74, 6) is -0.656. The van der Waals surface area contributed by atoms with E-state index in [1.54, 1.807) is 29.8 Å². The number of rotatable bonds is 4. The summed E-state index contributed by atoms with van der Waals surface area (Å²) >= 11 is 6.54. The fourth-order valence-corrected chi connectivity index (χ4v) is 3.08. The van der Waals surface area contributed by atoms with Crippen molar-refractivity contribution < 1.29 is 9.18 Å². The van der Waals surface area contributed by atoms with Gasteiger partial charge in [0.05, 0.1) is 28.1 Å². The molecule has 6 nitrogen and oxygen atoms in total. The van der Waals surface area contributed by atoms with Crippen LogP contribution < -0.4 is 5.32 Å². The average molecular weight is 471 g/mol. The number of H-pyrrole nitrogens is 1. The van der Waals surface area contributed by atoms with Gasteiger partial charge in [0.15, 0.2) is 5.69 Å². The Hall–Kier alpha value is -2.00. The lowest BCUT2D eigenvalue weighted by Gasteiger charge is -2.07. The molecule has 0 saturated carbocycles. The van der Waals surface area contributed by atoms with Crippen molar-refractivity contribution in [3.8, 4) is 0 Å². The summed E-state index contributed by atoms with van der Waals surface area (Å²) in [7, 11) is 0. The van der Waals surface area contributed by atoms with Gasteiger partial charge in [-0.05, 0) is 51.8 Å². The molecule has 0 aliphatic heterocycles. The molecule has 0 aliphatic carbocycles. The van der Waals surface area contributed by atoms with Crippen LogP contribution in [0.4, 0.5) is 10.1 Å². The highest BCUT2D eigenvalue weighted by molar-refractivity contribution is 9.13. The van der Waals surface area contributed by atoms with Crippen LogP contribution >= 0.6 is 31.9 Å². The Morgan fingerprint density at radius 2 is 2.04 bits per heavy atom. The van der Waals surface area contributed by atoms with Gasteiger partial charge in [0.1, 0.15) is 10.4 Å². The molecule has 0 atom stereocenters. The fourth-order valence-electron chi connectivity index (χ4n) is 2.45. The van der Waals surface area contributed by atoms with Gasteiger partial charge in [0, 0.05) is 5.56 Å². The Labute approximate surface area is 160 Å². The van der Waals surface area contributed by atoms with Crippen molar-refractivity contribution >= 4 is 43.5 Å². The molecule has 0 spiro atoms. The van der Waals surface area contributed by atoms with Gasteiger partial charge in [-0.1, -0.05) is 18.2 Å². The number of aromatic nitrogens is 4. The number of aromatic amines is 1. The first-order valence-electron chi connectivity index (χ1n) is 7.36. The summed E-state index contributed by atoms with van der Waals surface area (Å²) in [4.78, 5) is 12.4. The zero-order chi connectivity index (χ0) is 18.1. The molecular formula is C16H14Br2FN5O. The van der Waals surface area contributed by atoms with Crippen molar-refractivity contribution in [3.63, 3.8) is 0 Å². The van der Waals surface area contributed by atoms with Crippen LogP contribution in [-0.2, 0) is 6.54 Å². The fraction of sp³-hybridized carbons (Fsp3) is 0.188. The Balaban J connectivity index is 1.86. The van der Waals surface area contributed by atoms with Crippen molar-refractivity contribution in [3.05, 3.63) is 61.8 Å². The van der Waals surface area contributed by atoms with Gasteiger partial charge >= 0.3 is 0 Å². The maximum atomic E-state index is 13.9. The number of benzene rings is 1. The smallest absolute Gasteiger partial charge is 0.277 e. The number of hydrogen-bond acceptors (Lipinski definition) is 3. The van der Waals surface area contributed by atoms with Crippen LogP contribution in [0.25, 0.3) is 0 Å². The molecule has 0 aliphatic rings. The molecule has 0 fully saturated rings. The minimum absolute atomic E-state index is 0.229. The molecule has 0 radical (unpaired) electrons. The molecule has 0 bridgehead atoms. The Bertz CT molecular complexity index is 950. The van der Waals surface area contributed by atoms with Crippen LogP contribution in [0.1, 0.15) is 27.4 Å². The summed E-state index contributed by atoms with van der Waals surface area (Å²) < 4.78 is 16.7. The normalized spacial score (nSPS) is 10.9. The molecule has 0 unspecified atom stereocenters. The Kier molecular flexibility index (Phi) is 5.05. The molecule has 3 rings (SSSR count). The molecule has 9 heteroatoms. The van der Waals surface area contributed by atoms with Crippen molar-refractivity contribution in [2.45, 2.75) is 20.4 Å². The summed E-state index contributed by atoms with van der Waals surface area (Å²) in [5, 5.41) is 13.9. The van der Waals surface area contributed by atoms with E-state index in [-0.39, 0.29) is 24.0 Å². The molecule has 2 aromatic heterocycles. The quantitative estimate of drug-likeness (QED) is 0.600. The van der Waals surface area contributed by atoms with E-state index in [1.807, 2.05) is 6.92 Å². The summed E-state index contributed by atoms with van der Waals surface area (Å²) in [6.07, 6.45) is 0. The van der Waals surface area contributed by atoms with Gasteiger partial charge in [0.25, 0.3) is 5.91 Å². The van der Waals surface area contributed by atoms with E-state index in [9.17, 15) is 9.18 Å². The first-order chi connectivity index (χ1) is 11.9. The van der Waals surface area contributed by atoms with E-state index in [1.165, 1.54) is 6.07 Å². The number of anilines is 1. The molecule has 0 saturated heterocycles. The number of nitrogens with one attached hydrogen (secondary N) is 2. The predicted octanol–water partition coefficient (Wildman–Crippen LogP) is 4.19. The average Bonchev–Trinajstić information content (AvgIpc) is 3.04. The highest BCUT2D eigenvalue weighted by Crippen LogP contribution is 2.26. The van der Waals surface area contributed by atoms with E-state index in [4.69, 9.17) is 0 Å². The number of halogens is 3. The van der Waals surface area contributed by atoms with E-state index in [0.29, 0.717) is 26.0 Å². The van der Waals surface area contributed by atoms with E-state index < -0.39 is 0 Å². The molecule has 1 aromatic carbocycles. The summed E-state index contributed by atoms with van der Waals surface area (Å²) in [6, 6.07) is 6.55. The van der Waals surface area contributed by atoms with Crippen LogP contribution in [0.15, 0.2) is 33.3 Å². The number of amides is 1. The second-order valence-corrected chi connectivity index (χ2v) is 7.04. The van der Waals surface area contributed by atoms with Crippen molar-refractivity contribution in [2.24, 2.45) is 0 Å². The van der Waals surface area contributed by atoms with Gasteiger partial charge < -0.3 is 5.32 Å². The van der Waals surface area contributed by atoms with E-state index in [2.05, 4.69) is 52.5 Å². The van der Waals surface area contributed by atoms with E-state index >= 15 is 0 Å². The number of nitrogens with zero attached hydrogens (tertiary/aromatic N) is 3. The molecule has 2 heterocycles. The minimum Gasteiger partial charge on any atom is -0.317 e. The lowest BCUT2D eigenvalue weighted by atomic mass is 10.2. The topological polar surface area (TPSA) is 75.6 Å². The van der Waals surface area contributed by atoms with Crippen LogP contribution in [0.5, 0.6) is 0 Å². The lowest BCUT2D eigenvalue weighted by molar-refractivity contribution is 0.102. The molecule has 130 valence electrons. The first kappa shape index (κ1) is 17.8. The zero-order valence-corrected chi connectivity index (χ0v) is 16.6. The maximum Gasteiger partial charge on any atom is 0.277 e. The minimum atomic E-state index is -0.370. The number of carbonyl (C=O) groups is 1. The van der Waals surface area contributed by atoms with Crippen LogP contribution in [0, 0.1) is 19.7 Å².